The average molecular weight is 277 g/mol. The minimum Gasteiger partial charge on any atom is -0.490 e. The molecule has 0 aromatic heterocycles. The van der Waals surface area contributed by atoms with E-state index in [-0.39, 0.29) is 30.4 Å². The van der Waals surface area contributed by atoms with Crippen molar-refractivity contribution in [3.05, 3.63) is 24.0 Å². The SMILES string of the molecule is O=C1CCC(C(=O)N2CCOc3ccc(F)cc32)=NN1. The van der Waals surface area contributed by atoms with Crippen molar-refractivity contribution in [2.24, 2.45) is 5.10 Å². The third kappa shape index (κ3) is 2.22. The normalized spacial score (nSPS) is 17.8. The van der Waals surface area contributed by atoms with E-state index in [0.29, 0.717) is 24.6 Å². The highest BCUT2D eigenvalue weighted by Gasteiger charge is 2.29. The Morgan fingerprint density at radius 3 is 3.00 bits per heavy atom. The highest BCUT2D eigenvalue weighted by molar-refractivity contribution is 6.44. The molecular formula is C13H12FN3O3. The van der Waals surface area contributed by atoms with E-state index in [0.717, 1.165) is 0 Å². The molecule has 0 saturated carbocycles. The lowest BCUT2D eigenvalue weighted by atomic mass is 10.1. The summed E-state index contributed by atoms with van der Waals surface area (Å²) < 4.78 is 18.7. The van der Waals surface area contributed by atoms with E-state index in [1.807, 2.05) is 0 Å². The number of halogens is 1. The number of ether oxygens (including phenoxy) is 1. The maximum absolute atomic E-state index is 13.3. The number of hydrogen-bond acceptors (Lipinski definition) is 4. The van der Waals surface area contributed by atoms with Crippen LogP contribution in [0.4, 0.5) is 10.1 Å². The van der Waals surface area contributed by atoms with Gasteiger partial charge in [0.1, 0.15) is 23.9 Å². The molecule has 2 aliphatic heterocycles. The fourth-order valence-electron chi connectivity index (χ4n) is 2.19. The molecule has 104 valence electrons. The Bertz CT molecular complexity index is 615. The number of benzene rings is 1. The first-order chi connectivity index (χ1) is 9.65. The van der Waals surface area contributed by atoms with Crippen molar-refractivity contribution in [3.8, 4) is 5.75 Å². The molecule has 2 aliphatic rings. The maximum atomic E-state index is 13.3. The number of carbonyl (C=O) groups excluding carboxylic acids is 2. The molecule has 0 spiro atoms. The summed E-state index contributed by atoms with van der Waals surface area (Å²) in [4.78, 5) is 24.9. The van der Waals surface area contributed by atoms with E-state index in [9.17, 15) is 14.0 Å². The van der Waals surface area contributed by atoms with Crippen LogP contribution in [0, 0.1) is 5.82 Å². The van der Waals surface area contributed by atoms with Gasteiger partial charge in [0, 0.05) is 18.9 Å². The standard InChI is InChI=1S/C13H12FN3O3/c14-8-1-3-11-10(7-8)17(5-6-20-11)13(19)9-2-4-12(18)16-15-9/h1,3,7H,2,4-6H2,(H,16,18). The van der Waals surface area contributed by atoms with Gasteiger partial charge in [-0.2, -0.15) is 5.10 Å². The van der Waals surface area contributed by atoms with Crippen molar-refractivity contribution < 1.29 is 18.7 Å². The second kappa shape index (κ2) is 4.92. The molecular weight excluding hydrogens is 265 g/mol. The quantitative estimate of drug-likeness (QED) is 0.826. The number of fused-ring (bicyclic) bond motifs is 1. The van der Waals surface area contributed by atoms with Gasteiger partial charge in [0.15, 0.2) is 0 Å². The number of rotatable bonds is 1. The van der Waals surface area contributed by atoms with E-state index in [1.165, 1.54) is 23.1 Å². The van der Waals surface area contributed by atoms with Gasteiger partial charge in [-0.25, -0.2) is 9.82 Å². The Hall–Kier alpha value is -2.44. The predicted octanol–water partition coefficient (Wildman–Crippen LogP) is 0.817. The van der Waals surface area contributed by atoms with Crippen LogP contribution in [0.5, 0.6) is 5.75 Å². The van der Waals surface area contributed by atoms with Crippen LogP contribution in [-0.2, 0) is 9.59 Å². The third-order valence-corrected chi connectivity index (χ3v) is 3.18. The van der Waals surface area contributed by atoms with Crippen LogP contribution in [0.25, 0.3) is 0 Å². The fourth-order valence-corrected chi connectivity index (χ4v) is 2.19. The molecule has 1 aromatic carbocycles. The van der Waals surface area contributed by atoms with Gasteiger partial charge in [-0.1, -0.05) is 0 Å². The zero-order chi connectivity index (χ0) is 14.1. The van der Waals surface area contributed by atoms with Gasteiger partial charge in [-0.05, 0) is 12.1 Å². The summed E-state index contributed by atoms with van der Waals surface area (Å²) in [5.41, 5.74) is 2.94. The molecule has 0 aliphatic carbocycles. The highest BCUT2D eigenvalue weighted by atomic mass is 19.1. The molecule has 1 aromatic rings. The van der Waals surface area contributed by atoms with Crippen LogP contribution in [0.15, 0.2) is 23.3 Å². The van der Waals surface area contributed by atoms with Crippen molar-refractivity contribution in [2.75, 3.05) is 18.1 Å². The molecule has 0 unspecified atom stereocenters. The Labute approximate surface area is 114 Å². The van der Waals surface area contributed by atoms with E-state index in [2.05, 4.69) is 10.5 Å². The van der Waals surface area contributed by atoms with E-state index >= 15 is 0 Å². The van der Waals surface area contributed by atoms with Crippen LogP contribution >= 0.6 is 0 Å². The van der Waals surface area contributed by atoms with Gasteiger partial charge in [0.2, 0.25) is 5.91 Å². The van der Waals surface area contributed by atoms with Crippen molar-refractivity contribution in [2.45, 2.75) is 12.8 Å². The van der Waals surface area contributed by atoms with Crippen LogP contribution in [0.2, 0.25) is 0 Å². The molecule has 7 heteroatoms. The number of hydrazone groups is 1. The molecule has 6 nitrogen and oxygen atoms in total. The molecule has 2 amide bonds. The number of carbonyl (C=O) groups is 2. The van der Waals surface area contributed by atoms with Gasteiger partial charge in [0.05, 0.1) is 12.2 Å². The molecule has 0 radical (unpaired) electrons. The van der Waals surface area contributed by atoms with Gasteiger partial charge < -0.3 is 9.64 Å². The van der Waals surface area contributed by atoms with Crippen LogP contribution < -0.4 is 15.1 Å². The van der Waals surface area contributed by atoms with E-state index in [4.69, 9.17) is 4.74 Å². The minimum absolute atomic E-state index is 0.213. The minimum atomic E-state index is -0.439. The van der Waals surface area contributed by atoms with Gasteiger partial charge in [-0.15, -0.1) is 0 Å². The lowest BCUT2D eigenvalue weighted by molar-refractivity contribution is -0.121. The average Bonchev–Trinajstić information content (AvgIpc) is 2.46. The first kappa shape index (κ1) is 12.6. The van der Waals surface area contributed by atoms with Crippen molar-refractivity contribution in [3.63, 3.8) is 0 Å². The second-order valence-electron chi connectivity index (χ2n) is 4.51. The highest BCUT2D eigenvalue weighted by Crippen LogP contribution is 2.32. The summed E-state index contributed by atoms with van der Waals surface area (Å²) in [6.07, 6.45) is 0.512. The van der Waals surface area contributed by atoms with Crippen LogP contribution in [-0.4, -0.2) is 30.7 Å². The molecule has 0 atom stereocenters. The Kier molecular flexibility index (Phi) is 3.09. The van der Waals surface area contributed by atoms with Crippen LogP contribution in [0.3, 0.4) is 0 Å². The number of nitrogens with one attached hydrogen (secondary N) is 1. The Morgan fingerprint density at radius 2 is 2.25 bits per heavy atom. The van der Waals surface area contributed by atoms with Crippen molar-refractivity contribution in [1.29, 1.82) is 0 Å². The number of nitrogens with zero attached hydrogens (tertiary/aromatic N) is 2. The molecule has 0 bridgehead atoms. The third-order valence-electron chi connectivity index (χ3n) is 3.18. The molecule has 1 N–H and O–H groups in total. The molecule has 0 saturated heterocycles. The lowest BCUT2D eigenvalue weighted by Gasteiger charge is -2.30. The number of hydrogen-bond donors (Lipinski definition) is 1. The largest absolute Gasteiger partial charge is 0.490 e. The zero-order valence-electron chi connectivity index (χ0n) is 10.6. The molecule has 3 rings (SSSR count). The van der Waals surface area contributed by atoms with Crippen molar-refractivity contribution >= 4 is 23.2 Å². The van der Waals surface area contributed by atoms with Crippen LogP contribution in [0.1, 0.15) is 12.8 Å². The summed E-state index contributed by atoms with van der Waals surface area (Å²) in [5.74, 6) is -0.521. The second-order valence-corrected chi connectivity index (χ2v) is 4.51. The first-order valence-corrected chi connectivity index (χ1v) is 6.25. The van der Waals surface area contributed by atoms with E-state index in [1.54, 1.807) is 0 Å². The summed E-state index contributed by atoms with van der Waals surface area (Å²) in [5, 5.41) is 3.77. The Morgan fingerprint density at radius 1 is 1.40 bits per heavy atom. The van der Waals surface area contributed by atoms with Gasteiger partial charge >= 0.3 is 0 Å². The smallest absolute Gasteiger partial charge is 0.274 e. The topological polar surface area (TPSA) is 71.0 Å². The number of anilines is 1. The summed E-state index contributed by atoms with van der Waals surface area (Å²) >= 11 is 0. The fraction of sp³-hybridized carbons (Fsp3) is 0.308. The zero-order valence-corrected chi connectivity index (χ0v) is 10.6. The van der Waals surface area contributed by atoms with Crippen molar-refractivity contribution in [1.82, 2.24) is 5.43 Å². The Balaban J connectivity index is 1.90. The van der Waals surface area contributed by atoms with Gasteiger partial charge in [0.25, 0.3) is 5.91 Å². The number of amides is 2. The maximum Gasteiger partial charge on any atom is 0.274 e. The molecule has 0 fully saturated rings. The lowest BCUT2D eigenvalue weighted by Crippen LogP contribution is -2.44. The molecule has 2 heterocycles. The monoisotopic (exact) mass is 277 g/mol. The first-order valence-electron chi connectivity index (χ1n) is 6.25. The molecule has 20 heavy (non-hydrogen) atoms. The van der Waals surface area contributed by atoms with E-state index < -0.39 is 5.82 Å². The summed E-state index contributed by atoms with van der Waals surface area (Å²) in [6, 6.07) is 4.04. The predicted molar refractivity (Wildman–Crippen MR) is 69.1 cm³/mol. The van der Waals surface area contributed by atoms with Gasteiger partial charge in [-0.3, -0.25) is 9.59 Å². The summed E-state index contributed by atoms with van der Waals surface area (Å²) in [6.45, 7) is 0.659. The summed E-state index contributed by atoms with van der Waals surface area (Å²) in [7, 11) is 0.